The molecule has 0 unspecified atom stereocenters. The number of thiophene rings is 1. The highest BCUT2D eigenvalue weighted by atomic mass is 32.1. The highest BCUT2D eigenvalue weighted by Gasteiger charge is 2.11. The molecule has 0 saturated heterocycles. The topological polar surface area (TPSA) is 83.6 Å². The SMILES string of the molecule is O=C(Nc1cc(-c2cccs2)[nH]n1)c1cnsn1. The van der Waals surface area contributed by atoms with E-state index in [0.717, 1.165) is 22.3 Å². The van der Waals surface area contributed by atoms with Gasteiger partial charge in [0.05, 0.1) is 28.5 Å². The Morgan fingerprint density at radius 3 is 3.11 bits per heavy atom. The molecule has 0 saturated carbocycles. The van der Waals surface area contributed by atoms with Gasteiger partial charge in [-0.2, -0.15) is 13.8 Å². The fourth-order valence-electron chi connectivity index (χ4n) is 1.39. The molecule has 1 amide bonds. The summed E-state index contributed by atoms with van der Waals surface area (Å²) in [5.41, 5.74) is 1.16. The van der Waals surface area contributed by atoms with Crippen molar-refractivity contribution in [1.29, 1.82) is 0 Å². The zero-order valence-electron chi connectivity index (χ0n) is 8.95. The summed E-state index contributed by atoms with van der Waals surface area (Å²) in [4.78, 5) is 12.8. The maximum Gasteiger partial charge on any atom is 0.278 e. The quantitative estimate of drug-likeness (QED) is 0.769. The number of anilines is 1. The number of hydrogen-bond donors (Lipinski definition) is 2. The van der Waals surface area contributed by atoms with Gasteiger partial charge in [-0.3, -0.25) is 9.89 Å². The molecule has 3 aromatic heterocycles. The fourth-order valence-corrected chi connectivity index (χ4v) is 2.49. The maximum atomic E-state index is 11.7. The Labute approximate surface area is 110 Å². The minimum absolute atomic E-state index is 0.292. The number of carbonyl (C=O) groups is 1. The number of aromatic nitrogens is 4. The summed E-state index contributed by atoms with van der Waals surface area (Å²) >= 11 is 2.60. The smallest absolute Gasteiger partial charge is 0.278 e. The van der Waals surface area contributed by atoms with Crippen molar-refractivity contribution < 1.29 is 4.79 Å². The molecule has 0 aliphatic rings. The molecule has 2 N–H and O–H groups in total. The average molecular weight is 277 g/mol. The Morgan fingerprint density at radius 1 is 1.44 bits per heavy atom. The van der Waals surface area contributed by atoms with Crippen LogP contribution in [0.5, 0.6) is 0 Å². The molecule has 0 fully saturated rings. The van der Waals surface area contributed by atoms with Crippen LogP contribution in [0.1, 0.15) is 10.5 Å². The number of hydrogen-bond acceptors (Lipinski definition) is 6. The lowest BCUT2D eigenvalue weighted by Crippen LogP contribution is -2.12. The van der Waals surface area contributed by atoms with Gasteiger partial charge in [0.15, 0.2) is 11.5 Å². The molecule has 3 rings (SSSR count). The number of amides is 1. The van der Waals surface area contributed by atoms with Crippen LogP contribution in [0.25, 0.3) is 10.6 Å². The van der Waals surface area contributed by atoms with E-state index in [1.807, 2.05) is 17.5 Å². The summed E-state index contributed by atoms with van der Waals surface area (Å²) in [7, 11) is 0. The second-order valence-corrected chi connectivity index (χ2v) is 4.90. The van der Waals surface area contributed by atoms with Gasteiger partial charge in [0.25, 0.3) is 5.91 Å². The second-order valence-electron chi connectivity index (χ2n) is 3.39. The third-order valence-corrected chi connectivity index (χ3v) is 3.58. The van der Waals surface area contributed by atoms with Gasteiger partial charge in [-0.15, -0.1) is 11.3 Å². The zero-order valence-corrected chi connectivity index (χ0v) is 10.6. The van der Waals surface area contributed by atoms with Crippen LogP contribution in [-0.4, -0.2) is 24.9 Å². The molecule has 0 aliphatic carbocycles. The summed E-state index contributed by atoms with van der Waals surface area (Å²) < 4.78 is 7.63. The third-order valence-electron chi connectivity index (χ3n) is 2.20. The first kappa shape index (κ1) is 11.1. The minimum atomic E-state index is -0.312. The summed E-state index contributed by atoms with van der Waals surface area (Å²) in [6.45, 7) is 0. The lowest BCUT2D eigenvalue weighted by atomic mass is 10.3. The molecule has 8 heteroatoms. The highest BCUT2D eigenvalue weighted by molar-refractivity contribution is 7.13. The van der Waals surface area contributed by atoms with Crippen LogP contribution >= 0.6 is 23.1 Å². The van der Waals surface area contributed by atoms with Gasteiger partial charge < -0.3 is 5.32 Å². The Bertz CT molecular complexity index is 644. The van der Waals surface area contributed by atoms with Gasteiger partial charge >= 0.3 is 0 Å². The average Bonchev–Trinajstić information content (AvgIpc) is 3.12. The van der Waals surface area contributed by atoms with E-state index in [4.69, 9.17) is 0 Å². The van der Waals surface area contributed by atoms with E-state index < -0.39 is 0 Å². The summed E-state index contributed by atoms with van der Waals surface area (Å²) in [6, 6.07) is 5.72. The first-order chi connectivity index (χ1) is 8.83. The number of nitrogens with zero attached hydrogens (tertiary/aromatic N) is 3. The molecule has 0 radical (unpaired) electrons. The summed E-state index contributed by atoms with van der Waals surface area (Å²) in [6.07, 6.45) is 1.42. The van der Waals surface area contributed by atoms with Gasteiger partial charge in [-0.05, 0) is 11.4 Å². The standard InChI is InChI=1S/C10H7N5OS2/c16-10(7-5-11-18-15-7)12-9-4-6(13-14-9)8-2-1-3-17-8/h1-5H,(H2,12,13,14,16). The second kappa shape index (κ2) is 4.67. The van der Waals surface area contributed by atoms with Crippen LogP contribution in [0.4, 0.5) is 5.82 Å². The predicted molar refractivity (Wildman–Crippen MR) is 69.8 cm³/mol. The van der Waals surface area contributed by atoms with Gasteiger partial charge in [0, 0.05) is 6.07 Å². The predicted octanol–water partition coefficient (Wildman–Crippen LogP) is 2.24. The van der Waals surface area contributed by atoms with Crippen molar-refractivity contribution in [2.45, 2.75) is 0 Å². The lowest BCUT2D eigenvalue weighted by Gasteiger charge is -1.95. The van der Waals surface area contributed by atoms with Gasteiger partial charge in [0.1, 0.15) is 0 Å². The Kier molecular flexibility index (Phi) is 2.87. The largest absolute Gasteiger partial charge is 0.304 e. The Hall–Kier alpha value is -2.06. The number of H-pyrrole nitrogens is 1. The summed E-state index contributed by atoms with van der Waals surface area (Å²) in [5, 5.41) is 11.5. The van der Waals surface area contributed by atoms with Crippen LogP contribution in [0.3, 0.4) is 0 Å². The van der Waals surface area contributed by atoms with Crippen LogP contribution in [0.2, 0.25) is 0 Å². The Morgan fingerprint density at radius 2 is 2.39 bits per heavy atom. The third kappa shape index (κ3) is 2.15. The van der Waals surface area contributed by atoms with E-state index in [1.165, 1.54) is 6.20 Å². The van der Waals surface area contributed by atoms with E-state index in [1.54, 1.807) is 17.4 Å². The van der Waals surface area contributed by atoms with E-state index in [2.05, 4.69) is 24.3 Å². The van der Waals surface area contributed by atoms with Crippen LogP contribution in [0, 0.1) is 0 Å². The van der Waals surface area contributed by atoms with Gasteiger partial charge in [-0.25, -0.2) is 0 Å². The van der Waals surface area contributed by atoms with Crippen molar-refractivity contribution in [2.75, 3.05) is 5.32 Å². The van der Waals surface area contributed by atoms with Crippen molar-refractivity contribution in [2.24, 2.45) is 0 Å². The van der Waals surface area contributed by atoms with Gasteiger partial charge in [-0.1, -0.05) is 6.07 Å². The highest BCUT2D eigenvalue weighted by Crippen LogP contribution is 2.24. The van der Waals surface area contributed by atoms with E-state index >= 15 is 0 Å². The molecule has 90 valence electrons. The molecule has 3 aromatic rings. The lowest BCUT2D eigenvalue weighted by molar-refractivity contribution is 0.102. The molecule has 0 bridgehead atoms. The monoisotopic (exact) mass is 277 g/mol. The zero-order chi connectivity index (χ0) is 12.4. The molecule has 3 heterocycles. The first-order valence-electron chi connectivity index (χ1n) is 5.01. The number of carbonyl (C=O) groups excluding carboxylic acids is 1. The maximum absolute atomic E-state index is 11.7. The Balaban J connectivity index is 1.76. The van der Waals surface area contributed by atoms with Crippen LogP contribution in [-0.2, 0) is 0 Å². The molecule has 0 atom stereocenters. The fraction of sp³-hybridized carbons (Fsp3) is 0. The molecule has 0 aromatic carbocycles. The van der Waals surface area contributed by atoms with Crippen molar-refractivity contribution in [3.63, 3.8) is 0 Å². The molecular weight excluding hydrogens is 270 g/mol. The molecule has 18 heavy (non-hydrogen) atoms. The summed E-state index contributed by atoms with van der Waals surface area (Å²) in [5.74, 6) is 0.157. The molecule has 0 spiro atoms. The van der Waals surface area contributed by atoms with Crippen molar-refractivity contribution in [1.82, 2.24) is 18.9 Å². The van der Waals surface area contributed by atoms with E-state index in [-0.39, 0.29) is 5.91 Å². The van der Waals surface area contributed by atoms with Crippen LogP contribution in [0.15, 0.2) is 29.8 Å². The van der Waals surface area contributed by atoms with E-state index in [0.29, 0.717) is 11.5 Å². The van der Waals surface area contributed by atoms with E-state index in [9.17, 15) is 4.79 Å². The van der Waals surface area contributed by atoms with Crippen molar-refractivity contribution in [3.05, 3.63) is 35.5 Å². The minimum Gasteiger partial charge on any atom is -0.304 e. The molecule has 6 nitrogen and oxygen atoms in total. The van der Waals surface area contributed by atoms with Gasteiger partial charge in [0.2, 0.25) is 0 Å². The number of aromatic amines is 1. The number of nitrogens with one attached hydrogen (secondary N) is 2. The normalized spacial score (nSPS) is 10.4. The molecule has 0 aliphatic heterocycles. The number of rotatable bonds is 3. The molecular formula is C10H7N5OS2. The first-order valence-corrected chi connectivity index (χ1v) is 6.62. The van der Waals surface area contributed by atoms with Crippen molar-refractivity contribution >= 4 is 34.8 Å². The van der Waals surface area contributed by atoms with Crippen molar-refractivity contribution in [3.8, 4) is 10.6 Å². The van der Waals surface area contributed by atoms with Crippen LogP contribution < -0.4 is 5.32 Å².